The molecule has 1 heterocycles. The molecule has 0 aliphatic rings. The first-order valence-electron chi connectivity index (χ1n) is 5.84. The van der Waals surface area contributed by atoms with Crippen LogP contribution in [0.5, 0.6) is 17.4 Å². The Kier molecular flexibility index (Phi) is 4.58. The van der Waals surface area contributed by atoms with Crippen molar-refractivity contribution >= 4 is 11.6 Å². The minimum atomic E-state index is -0.439. The highest BCUT2D eigenvalue weighted by Gasteiger charge is 2.08. The number of halogens is 2. The van der Waals surface area contributed by atoms with Gasteiger partial charge in [-0.2, -0.15) is 0 Å². The van der Waals surface area contributed by atoms with Crippen LogP contribution in [0.4, 0.5) is 4.39 Å². The van der Waals surface area contributed by atoms with Crippen molar-refractivity contribution in [2.45, 2.75) is 12.8 Å². The predicted molar refractivity (Wildman–Crippen MR) is 71.4 cm³/mol. The third kappa shape index (κ3) is 3.58. The molecule has 0 bridgehead atoms. The number of nitrogens with zero attached hydrogens (tertiary/aromatic N) is 1. The molecule has 5 heteroatoms. The number of rotatable bonds is 5. The number of hydrogen-bond acceptors (Lipinski definition) is 3. The van der Waals surface area contributed by atoms with Gasteiger partial charge in [0, 0.05) is 11.6 Å². The zero-order valence-corrected chi connectivity index (χ0v) is 11.2. The van der Waals surface area contributed by atoms with Crippen molar-refractivity contribution in [3.8, 4) is 17.4 Å². The first-order chi connectivity index (χ1) is 9.22. The van der Waals surface area contributed by atoms with Crippen molar-refractivity contribution in [3.63, 3.8) is 0 Å². The summed E-state index contributed by atoms with van der Waals surface area (Å²) in [6.45, 7) is 2.48. The lowest BCUT2D eigenvalue weighted by Gasteiger charge is -2.09. The molecule has 0 radical (unpaired) electrons. The zero-order valence-electron chi connectivity index (χ0n) is 10.4. The Morgan fingerprint density at radius 3 is 2.79 bits per heavy atom. The average Bonchev–Trinajstić information content (AvgIpc) is 2.41. The van der Waals surface area contributed by atoms with Crippen molar-refractivity contribution in [3.05, 3.63) is 47.9 Å². The molecule has 2 rings (SSSR count). The van der Waals surface area contributed by atoms with Crippen LogP contribution in [0.3, 0.4) is 0 Å². The summed E-state index contributed by atoms with van der Waals surface area (Å²) in [5.41, 5.74) is 0.503. The minimum Gasteiger partial charge on any atom is -0.494 e. The summed E-state index contributed by atoms with van der Waals surface area (Å²) >= 11 is 5.74. The number of ether oxygens (including phenoxy) is 2. The van der Waals surface area contributed by atoms with E-state index in [9.17, 15) is 4.39 Å². The van der Waals surface area contributed by atoms with E-state index in [4.69, 9.17) is 21.1 Å². The van der Waals surface area contributed by atoms with Crippen molar-refractivity contribution < 1.29 is 13.9 Å². The van der Waals surface area contributed by atoms with Gasteiger partial charge in [0.2, 0.25) is 5.88 Å². The van der Waals surface area contributed by atoms with Crippen molar-refractivity contribution in [2.75, 3.05) is 6.61 Å². The van der Waals surface area contributed by atoms with E-state index < -0.39 is 5.82 Å². The maximum Gasteiger partial charge on any atom is 0.223 e. The summed E-state index contributed by atoms with van der Waals surface area (Å²) < 4.78 is 24.0. The fraction of sp³-hybridized carbons (Fsp3) is 0.214. The second kappa shape index (κ2) is 6.38. The van der Waals surface area contributed by atoms with Crippen LogP contribution >= 0.6 is 11.6 Å². The van der Waals surface area contributed by atoms with Crippen LogP contribution in [-0.4, -0.2) is 11.6 Å². The molecule has 0 amide bonds. The Morgan fingerprint density at radius 1 is 1.26 bits per heavy atom. The fourth-order valence-electron chi connectivity index (χ4n) is 1.56. The maximum atomic E-state index is 13.0. The van der Waals surface area contributed by atoms with Gasteiger partial charge in [-0.05, 0) is 25.1 Å². The van der Waals surface area contributed by atoms with E-state index >= 15 is 0 Å². The average molecular weight is 282 g/mol. The lowest BCUT2D eigenvalue weighted by atomic mass is 10.3. The fourth-order valence-corrected chi connectivity index (χ4v) is 1.75. The quantitative estimate of drug-likeness (QED) is 0.772. The van der Waals surface area contributed by atoms with Gasteiger partial charge in [-0.15, -0.1) is 11.6 Å². The Morgan fingerprint density at radius 2 is 2.05 bits per heavy atom. The largest absolute Gasteiger partial charge is 0.494 e. The lowest BCUT2D eigenvalue weighted by molar-refractivity contribution is 0.337. The summed E-state index contributed by atoms with van der Waals surface area (Å²) in [7, 11) is 0. The Hall–Kier alpha value is -1.81. The first kappa shape index (κ1) is 13.6. The van der Waals surface area contributed by atoms with Crippen LogP contribution in [0.2, 0.25) is 0 Å². The monoisotopic (exact) mass is 281 g/mol. The number of pyridine rings is 1. The molecule has 0 spiro atoms. The lowest BCUT2D eigenvalue weighted by Crippen LogP contribution is -1.95. The van der Waals surface area contributed by atoms with Crippen LogP contribution in [0, 0.1) is 5.82 Å². The second-order valence-electron chi connectivity index (χ2n) is 3.76. The molecule has 1 aromatic heterocycles. The molecular formula is C14H13ClFNO2. The summed E-state index contributed by atoms with van der Waals surface area (Å²) in [5.74, 6) is 1.26. The van der Waals surface area contributed by atoms with E-state index in [0.717, 1.165) is 6.20 Å². The van der Waals surface area contributed by atoms with Gasteiger partial charge in [0.1, 0.15) is 17.3 Å². The number of alkyl halides is 1. The smallest absolute Gasteiger partial charge is 0.223 e. The molecule has 0 aliphatic heterocycles. The summed E-state index contributed by atoms with van der Waals surface area (Å²) in [6.07, 6.45) is 1.10. The van der Waals surface area contributed by atoms with Crippen molar-refractivity contribution in [1.29, 1.82) is 0 Å². The summed E-state index contributed by atoms with van der Waals surface area (Å²) in [4.78, 5) is 3.90. The normalized spacial score (nSPS) is 10.3. The van der Waals surface area contributed by atoms with Crippen LogP contribution in [-0.2, 0) is 5.88 Å². The molecule has 0 aliphatic carbocycles. The predicted octanol–water partition coefficient (Wildman–Crippen LogP) is 4.15. The number of benzene rings is 1. The van der Waals surface area contributed by atoms with Crippen LogP contribution < -0.4 is 9.47 Å². The molecule has 2 aromatic rings. The SMILES string of the molecule is CCOc1cccc(Oc2ncc(F)cc2CCl)c1. The Balaban J connectivity index is 2.23. The van der Waals surface area contributed by atoms with Gasteiger partial charge in [0.15, 0.2) is 0 Å². The third-order valence-electron chi connectivity index (χ3n) is 2.37. The van der Waals surface area contributed by atoms with Crippen LogP contribution in [0.15, 0.2) is 36.5 Å². The minimum absolute atomic E-state index is 0.130. The van der Waals surface area contributed by atoms with Crippen molar-refractivity contribution in [2.24, 2.45) is 0 Å². The number of aromatic nitrogens is 1. The summed E-state index contributed by atoms with van der Waals surface area (Å²) in [6, 6.07) is 8.46. The topological polar surface area (TPSA) is 31.4 Å². The first-order valence-corrected chi connectivity index (χ1v) is 6.37. The van der Waals surface area contributed by atoms with Gasteiger partial charge >= 0.3 is 0 Å². The van der Waals surface area contributed by atoms with Gasteiger partial charge in [-0.25, -0.2) is 9.37 Å². The van der Waals surface area contributed by atoms with E-state index in [1.807, 2.05) is 19.1 Å². The molecule has 0 saturated carbocycles. The molecule has 0 N–H and O–H groups in total. The molecule has 0 fully saturated rings. The van der Waals surface area contributed by atoms with Crippen molar-refractivity contribution in [1.82, 2.24) is 4.98 Å². The van der Waals surface area contributed by atoms with E-state index in [1.54, 1.807) is 12.1 Å². The molecule has 3 nitrogen and oxygen atoms in total. The zero-order chi connectivity index (χ0) is 13.7. The van der Waals surface area contributed by atoms with E-state index in [-0.39, 0.29) is 5.88 Å². The van der Waals surface area contributed by atoms with Crippen LogP contribution in [0.25, 0.3) is 0 Å². The summed E-state index contributed by atoms with van der Waals surface area (Å²) in [5, 5.41) is 0. The molecular weight excluding hydrogens is 269 g/mol. The highest BCUT2D eigenvalue weighted by atomic mass is 35.5. The van der Waals surface area contributed by atoms with E-state index in [0.29, 0.717) is 29.5 Å². The van der Waals surface area contributed by atoms with E-state index in [1.165, 1.54) is 6.07 Å². The molecule has 0 unspecified atom stereocenters. The van der Waals surface area contributed by atoms with Gasteiger partial charge in [0.05, 0.1) is 18.7 Å². The van der Waals surface area contributed by atoms with Gasteiger partial charge in [-0.1, -0.05) is 6.07 Å². The van der Waals surface area contributed by atoms with Gasteiger partial charge in [-0.3, -0.25) is 0 Å². The molecule has 0 saturated heterocycles. The van der Waals surface area contributed by atoms with Gasteiger partial charge < -0.3 is 9.47 Å². The standard InChI is InChI=1S/C14H13ClFNO2/c1-2-18-12-4-3-5-13(7-12)19-14-10(8-15)6-11(16)9-17-14/h3-7,9H,2,8H2,1H3. The molecule has 0 atom stereocenters. The third-order valence-corrected chi connectivity index (χ3v) is 2.65. The van der Waals surface area contributed by atoms with Gasteiger partial charge in [0.25, 0.3) is 0 Å². The molecule has 19 heavy (non-hydrogen) atoms. The maximum absolute atomic E-state index is 13.0. The molecule has 1 aromatic carbocycles. The van der Waals surface area contributed by atoms with Crippen LogP contribution in [0.1, 0.15) is 12.5 Å². The Bertz CT molecular complexity index is 563. The van der Waals surface area contributed by atoms with E-state index in [2.05, 4.69) is 4.98 Å². The highest BCUT2D eigenvalue weighted by Crippen LogP contribution is 2.27. The molecule has 100 valence electrons. The number of hydrogen-bond donors (Lipinski definition) is 0. The second-order valence-corrected chi connectivity index (χ2v) is 4.03. The Labute approximate surface area is 115 Å². The highest BCUT2D eigenvalue weighted by molar-refractivity contribution is 6.17.